The van der Waals surface area contributed by atoms with Gasteiger partial charge in [0.05, 0.1) is 12.6 Å². The Morgan fingerprint density at radius 3 is 2.82 bits per heavy atom. The molecule has 1 fully saturated rings. The van der Waals surface area contributed by atoms with E-state index in [9.17, 15) is 4.79 Å². The lowest BCUT2D eigenvalue weighted by Crippen LogP contribution is -2.42. The summed E-state index contributed by atoms with van der Waals surface area (Å²) < 4.78 is 5.19. The first kappa shape index (κ1) is 11.9. The van der Waals surface area contributed by atoms with Gasteiger partial charge in [0.25, 0.3) is 0 Å². The Morgan fingerprint density at radius 1 is 1.41 bits per heavy atom. The fraction of sp³-hybridized carbons (Fsp3) is 0.462. The van der Waals surface area contributed by atoms with Gasteiger partial charge in [-0.25, -0.2) is 4.79 Å². The summed E-state index contributed by atoms with van der Waals surface area (Å²) >= 11 is 0. The second kappa shape index (κ2) is 5.68. The van der Waals surface area contributed by atoms with Crippen molar-refractivity contribution in [2.24, 2.45) is 0 Å². The Bertz CT molecular complexity index is 370. The lowest BCUT2D eigenvalue weighted by Gasteiger charge is -2.11. The minimum Gasteiger partial charge on any atom is -0.379 e. The molecule has 92 valence electrons. The fourth-order valence-corrected chi connectivity index (χ4v) is 1.77. The topological polar surface area (TPSA) is 50.4 Å². The highest BCUT2D eigenvalue weighted by atomic mass is 16.5. The minimum absolute atomic E-state index is 0.124. The molecule has 0 aliphatic carbocycles. The van der Waals surface area contributed by atoms with Crippen LogP contribution >= 0.6 is 0 Å². The fourth-order valence-electron chi connectivity index (χ4n) is 1.77. The summed E-state index contributed by atoms with van der Waals surface area (Å²) in [5.41, 5.74) is 2.33. The molecule has 2 rings (SSSR count). The van der Waals surface area contributed by atoms with E-state index < -0.39 is 0 Å². The summed E-state index contributed by atoms with van der Waals surface area (Å²) in [7, 11) is 0. The Kier molecular flexibility index (Phi) is 3.98. The first-order valence-electron chi connectivity index (χ1n) is 5.92. The number of nitrogens with one attached hydrogen (secondary N) is 2. The van der Waals surface area contributed by atoms with Gasteiger partial charge in [-0.3, -0.25) is 0 Å². The Morgan fingerprint density at radius 2 is 2.18 bits per heavy atom. The van der Waals surface area contributed by atoms with Crippen LogP contribution in [0.3, 0.4) is 0 Å². The third-order valence-electron chi connectivity index (χ3n) is 2.84. The SMILES string of the molecule is Cc1ccc(CNC(=O)NC2CCOC2)cc1. The van der Waals surface area contributed by atoms with Crippen molar-refractivity contribution in [2.75, 3.05) is 13.2 Å². The molecule has 0 spiro atoms. The average molecular weight is 234 g/mol. The zero-order valence-corrected chi connectivity index (χ0v) is 10.0. The normalized spacial score (nSPS) is 19.0. The third kappa shape index (κ3) is 3.75. The summed E-state index contributed by atoms with van der Waals surface area (Å²) in [6, 6.07) is 8.16. The van der Waals surface area contributed by atoms with Crippen molar-refractivity contribution in [3.05, 3.63) is 35.4 Å². The van der Waals surface area contributed by atoms with Crippen LogP contribution < -0.4 is 10.6 Å². The Balaban J connectivity index is 1.73. The van der Waals surface area contributed by atoms with Crippen molar-refractivity contribution in [3.8, 4) is 0 Å². The number of hydrogen-bond donors (Lipinski definition) is 2. The zero-order valence-electron chi connectivity index (χ0n) is 10.0. The van der Waals surface area contributed by atoms with Crippen LogP contribution in [-0.2, 0) is 11.3 Å². The maximum Gasteiger partial charge on any atom is 0.315 e. The number of carbonyl (C=O) groups is 1. The van der Waals surface area contributed by atoms with E-state index in [2.05, 4.69) is 10.6 Å². The molecule has 17 heavy (non-hydrogen) atoms. The largest absolute Gasteiger partial charge is 0.379 e. The van der Waals surface area contributed by atoms with Crippen molar-refractivity contribution in [1.29, 1.82) is 0 Å². The van der Waals surface area contributed by atoms with Gasteiger partial charge in [-0.1, -0.05) is 29.8 Å². The lowest BCUT2D eigenvalue weighted by molar-refractivity contribution is 0.188. The van der Waals surface area contributed by atoms with E-state index in [1.54, 1.807) is 0 Å². The van der Waals surface area contributed by atoms with Crippen LogP contribution in [0.25, 0.3) is 0 Å². The quantitative estimate of drug-likeness (QED) is 0.834. The van der Waals surface area contributed by atoms with Crippen molar-refractivity contribution in [1.82, 2.24) is 10.6 Å². The Labute approximate surface area is 101 Å². The first-order chi connectivity index (χ1) is 8.24. The maximum absolute atomic E-state index is 11.6. The molecule has 1 aromatic carbocycles. The number of rotatable bonds is 3. The van der Waals surface area contributed by atoms with Crippen molar-refractivity contribution < 1.29 is 9.53 Å². The Hall–Kier alpha value is -1.55. The summed E-state index contributed by atoms with van der Waals surface area (Å²) in [6.45, 7) is 3.96. The molecule has 1 heterocycles. The summed E-state index contributed by atoms with van der Waals surface area (Å²) in [6.07, 6.45) is 0.901. The van der Waals surface area contributed by atoms with E-state index in [-0.39, 0.29) is 12.1 Å². The van der Waals surface area contributed by atoms with Gasteiger partial charge in [0, 0.05) is 13.2 Å². The first-order valence-corrected chi connectivity index (χ1v) is 5.92. The van der Waals surface area contributed by atoms with Gasteiger partial charge in [0.2, 0.25) is 0 Å². The molecule has 1 aliphatic rings. The standard InChI is InChI=1S/C13H18N2O2/c1-10-2-4-11(5-3-10)8-14-13(16)15-12-6-7-17-9-12/h2-5,12H,6-9H2,1H3,(H2,14,15,16). The number of urea groups is 1. The van der Waals surface area contributed by atoms with Gasteiger partial charge in [0.1, 0.15) is 0 Å². The molecule has 1 saturated heterocycles. The summed E-state index contributed by atoms with van der Waals surface area (Å²) in [5.74, 6) is 0. The van der Waals surface area contributed by atoms with E-state index in [4.69, 9.17) is 4.74 Å². The van der Waals surface area contributed by atoms with E-state index in [0.717, 1.165) is 18.6 Å². The third-order valence-corrected chi connectivity index (χ3v) is 2.84. The molecule has 4 heteroatoms. The van der Waals surface area contributed by atoms with Crippen LogP contribution in [0.1, 0.15) is 17.5 Å². The number of carbonyl (C=O) groups excluding carboxylic acids is 1. The van der Waals surface area contributed by atoms with Gasteiger partial charge in [-0.2, -0.15) is 0 Å². The van der Waals surface area contributed by atoms with E-state index in [1.165, 1.54) is 5.56 Å². The molecule has 2 N–H and O–H groups in total. The van der Waals surface area contributed by atoms with Crippen LogP contribution in [0.5, 0.6) is 0 Å². The molecule has 4 nitrogen and oxygen atoms in total. The molecule has 0 aromatic heterocycles. The monoisotopic (exact) mass is 234 g/mol. The summed E-state index contributed by atoms with van der Waals surface area (Å²) in [5, 5.41) is 5.73. The molecule has 0 radical (unpaired) electrons. The van der Waals surface area contributed by atoms with E-state index >= 15 is 0 Å². The number of aryl methyl sites for hydroxylation is 1. The van der Waals surface area contributed by atoms with Crippen LogP contribution in [0.2, 0.25) is 0 Å². The number of benzene rings is 1. The lowest BCUT2D eigenvalue weighted by atomic mass is 10.1. The number of amides is 2. The molecule has 1 atom stereocenters. The van der Waals surface area contributed by atoms with E-state index in [0.29, 0.717) is 13.2 Å². The second-order valence-electron chi connectivity index (χ2n) is 4.37. The second-order valence-corrected chi connectivity index (χ2v) is 4.37. The molecule has 1 aromatic rings. The van der Waals surface area contributed by atoms with Crippen LogP contribution in [-0.4, -0.2) is 25.3 Å². The number of hydrogen-bond acceptors (Lipinski definition) is 2. The zero-order chi connectivity index (χ0) is 12.1. The molecule has 0 saturated carbocycles. The molecular formula is C13H18N2O2. The van der Waals surface area contributed by atoms with Crippen molar-refractivity contribution >= 4 is 6.03 Å². The number of ether oxygens (including phenoxy) is 1. The van der Waals surface area contributed by atoms with Gasteiger partial charge >= 0.3 is 6.03 Å². The van der Waals surface area contributed by atoms with Crippen molar-refractivity contribution in [3.63, 3.8) is 0 Å². The molecule has 0 bridgehead atoms. The molecular weight excluding hydrogens is 216 g/mol. The smallest absolute Gasteiger partial charge is 0.315 e. The van der Waals surface area contributed by atoms with Crippen LogP contribution in [0, 0.1) is 6.92 Å². The van der Waals surface area contributed by atoms with E-state index in [1.807, 2.05) is 31.2 Å². The summed E-state index contributed by atoms with van der Waals surface area (Å²) in [4.78, 5) is 11.6. The minimum atomic E-state index is -0.124. The molecule has 2 amide bonds. The highest BCUT2D eigenvalue weighted by Crippen LogP contribution is 2.04. The van der Waals surface area contributed by atoms with Gasteiger partial charge in [-0.15, -0.1) is 0 Å². The van der Waals surface area contributed by atoms with Gasteiger partial charge in [0.15, 0.2) is 0 Å². The average Bonchev–Trinajstić information content (AvgIpc) is 2.81. The predicted octanol–water partition coefficient (Wildman–Crippen LogP) is 1.58. The van der Waals surface area contributed by atoms with Crippen LogP contribution in [0.15, 0.2) is 24.3 Å². The molecule has 1 unspecified atom stereocenters. The predicted molar refractivity (Wildman–Crippen MR) is 65.8 cm³/mol. The molecule has 1 aliphatic heterocycles. The van der Waals surface area contributed by atoms with Gasteiger partial charge in [-0.05, 0) is 18.9 Å². The maximum atomic E-state index is 11.6. The highest BCUT2D eigenvalue weighted by molar-refractivity contribution is 5.74. The van der Waals surface area contributed by atoms with Crippen LogP contribution in [0.4, 0.5) is 4.79 Å². The highest BCUT2D eigenvalue weighted by Gasteiger charge is 2.17. The van der Waals surface area contributed by atoms with Gasteiger partial charge < -0.3 is 15.4 Å². The van der Waals surface area contributed by atoms with Crippen molar-refractivity contribution in [2.45, 2.75) is 25.9 Å².